The van der Waals surface area contributed by atoms with E-state index in [-0.39, 0.29) is 18.1 Å². The van der Waals surface area contributed by atoms with Crippen LogP contribution in [-0.4, -0.2) is 29.9 Å². The van der Waals surface area contributed by atoms with Crippen LogP contribution in [0.2, 0.25) is 0 Å². The predicted molar refractivity (Wildman–Crippen MR) is 99.2 cm³/mol. The average Bonchev–Trinajstić information content (AvgIpc) is 2.82. The van der Waals surface area contributed by atoms with Crippen molar-refractivity contribution in [2.75, 3.05) is 19.4 Å². The van der Waals surface area contributed by atoms with E-state index in [1.165, 1.54) is 12.1 Å². The summed E-state index contributed by atoms with van der Waals surface area (Å²) in [6.45, 7) is 2.71. The standard InChI is InChI=1S/C20H22FN3O/c1-13-17(18-10-15(21)7-8-19(18)22-13)11-20(25)23-16-6-4-5-14(9-16)12-24(2)3/h4-10,22H,11-12H2,1-3H3,(H,23,25). The van der Waals surface area contributed by atoms with Crippen LogP contribution in [0.4, 0.5) is 10.1 Å². The van der Waals surface area contributed by atoms with Crippen molar-refractivity contribution in [3.05, 3.63) is 65.1 Å². The maximum atomic E-state index is 13.5. The van der Waals surface area contributed by atoms with Crippen molar-refractivity contribution in [1.29, 1.82) is 0 Å². The smallest absolute Gasteiger partial charge is 0.228 e. The van der Waals surface area contributed by atoms with Crippen LogP contribution in [0, 0.1) is 12.7 Å². The van der Waals surface area contributed by atoms with E-state index in [2.05, 4.69) is 15.2 Å². The highest BCUT2D eigenvalue weighted by atomic mass is 19.1. The van der Waals surface area contributed by atoms with Crippen molar-refractivity contribution in [2.45, 2.75) is 19.9 Å². The fourth-order valence-corrected chi connectivity index (χ4v) is 3.06. The summed E-state index contributed by atoms with van der Waals surface area (Å²) in [7, 11) is 4.01. The Bertz CT molecular complexity index is 914. The highest BCUT2D eigenvalue weighted by Gasteiger charge is 2.13. The molecule has 3 rings (SSSR count). The lowest BCUT2D eigenvalue weighted by Crippen LogP contribution is -2.15. The number of hydrogen-bond donors (Lipinski definition) is 2. The van der Waals surface area contributed by atoms with Crippen molar-refractivity contribution in [3.63, 3.8) is 0 Å². The largest absolute Gasteiger partial charge is 0.358 e. The molecule has 0 bridgehead atoms. The zero-order chi connectivity index (χ0) is 18.0. The molecule has 4 nitrogen and oxygen atoms in total. The minimum atomic E-state index is -0.301. The SMILES string of the molecule is Cc1[nH]c2ccc(F)cc2c1CC(=O)Nc1cccc(CN(C)C)c1. The first-order chi connectivity index (χ1) is 11.9. The number of halogens is 1. The third-order valence-electron chi connectivity index (χ3n) is 4.13. The maximum absolute atomic E-state index is 13.5. The van der Waals surface area contributed by atoms with Gasteiger partial charge >= 0.3 is 0 Å². The number of fused-ring (bicyclic) bond motifs is 1. The van der Waals surface area contributed by atoms with Crippen LogP contribution in [0.3, 0.4) is 0 Å². The summed E-state index contributed by atoms with van der Waals surface area (Å²) in [4.78, 5) is 17.7. The number of amides is 1. The van der Waals surface area contributed by atoms with Gasteiger partial charge in [0.25, 0.3) is 0 Å². The first-order valence-corrected chi connectivity index (χ1v) is 8.22. The molecule has 1 amide bonds. The summed E-state index contributed by atoms with van der Waals surface area (Å²) in [6, 6.07) is 12.4. The summed E-state index contributed by atoms with van der Waals surface area (Å²) in [5.41, 5.74) is 4.46. The van der Waals surface area contributed by atoms with Crippen molar-refractivity contribution < 1.29 is 9.18 Å². The second kappa shape index (κ2) is 7.07. The number of nitrogens with zero attached hydrogens (tertiary/aromatic N) is 1. The molecule has 130 valence electrons. The molecule has 2 N–H and O–H groups in total. The number of anilines is 1. The lowest BCUT2D eigenvalue weighted by Gasteiger charge is -2.11. The van der Waals surface area contributed by atoms with E-state index >= 15 is 0 Å². The Morgan fingerprint density at radius 1 is 1.20 bits per heavy atom. The highest BCUT2D eigenvalue weighted by molar-refractivity contribution is 5.96. The zero-order valence-electron chi connectivity index (χ0n) is 14.7. The van der Waals surface area contributed by atoms with E-state index in [4.69, 9.17) is 0 Å². The number of hydrogen-bond acceptors (Lipinski definition) is 2. The van der Waals surface area contributed by atoms with Gasteiger partial charge in [0, 0.05) is 28.8 Å². The lowest BCUT2D eigenvalue weighted by molar-refractivity contribution is -0.115. The lowest BCUT2D eigenvalue weighted by atomic mass is 10.1. The maximum Gasteiger partial charge on any atom is 0.228 e. The number of benzene rings is 2. The van der Waals surface area contributed by atoms with E-state index in [0.717, 1.165) is 40.0 Å². The van der Waals surface area contributed by atoms with Crippen LogP contribution in [0.5, 0.6) is 0 Å². The number of aromatic nitrogens is 1. The van der Waals surface area contributed by atoms with Crippen molar-refractivity contribution in [1.82, 2.24) is 9.88 Å². The van der Waals surface area contributed by atoms with Crippen LogP contribution >= 0.6 is 0 Å². The summed E-state index contributed by atoms with van der Waals surface area (Å²) in [5, 5.41) is 3.69. The van der Waals surface area contributed by atoms with Crippen molar-refractivity contribution >= 4 is 22.5 Å². The van der Waals surface area contributed by atoms with Gasteiger partial charge in [0.1, 0.15) is 5.82 Å². The van der Waals surface area contributed by atoms with Gasteiger partial charge < -0.3 is 15.2 Å². The number of carbonyl (C=O) groups excluding carboxylic acids is 1. The van der Waals surface area contributed by atoms with Crippen molar-refractivity contribution in [3.8, 4) is 0 Å². The molecule has 1 heterocycles. The van der Waals surface area contributed by atoms with Gasteiger partial charge in [-0.2, -0.15) is 0 Å². The van der Waals surface area contributed by atoms with E-state index < -0.39 is 0 Å². The Morgan fingerprint density at radius 3 is 2.76 bits per heavy atom. The topological polar surface area (TPSA) is 48.1 Å². The van der Waals surface area contributed by atoms with E-state index in [9.17, 15) is 9.18 Å². The summed E-state index contributed by atoms with van der Waals surface area (Å²) in [6.07, 6.45) is 0.202. The Hall–Kier alpha value is -2.66. The molecule has 0 spiro atoms. The first-order valence-electron chi connectivity index (χ1n) is 8.22. The Balaban J connectivity index is 1.77. The number of aryl methyl sites for hydroxylation is 1. The Labute approximate surface area is 146 Å². The first kappa shape index (κ1) is 17.2. The molecule has 0 aliphatic heterocycles. The van der Waals surface area contributed by atoms with Crippen LogP contribution in [-0.2, 0) is 17.8 Å². The molecule has 0 aliphatic carbocycles. The van der Waals surface area contributed by atoms with Crippen LogP contribution < -0.4 is 5.32 Å². The van der Waals surface area contributed by atoms with Gasteiger partial charge in [0.15, 0.2) is 0 Å². The third-order valence-corrected chi connectivity index (χ3v) is 4.13. The predicted octanol–water partition coefficient (Wildman–Crippen LogP) is 3.86. The number of nitrogens with one attached hydrogen (secondary N) is 2. The van der Waals surface area contributed by atoms with Gasteiger partial charge in [-0.25, -0.2) is 4.39 Å². The molecule has 1 aromatic heterocycles. The molecule has 0 aliphatic rings. The fourth-order valence-electron chi connectivity index (χ4n) is 3.06. The van der Waals surface area contributed by atoms with Gasteiger partial charge in [0.05, 0.1) is 6.42 Å². The van der Waals surface area contributed by atoms with Gasteiger partial charge in [0.2, 0.25) is 5.91 Å². The Kier molecular flexibility index (Phi) is 4.86. The second-order valence-electron chi connectivity index (χ2n) is 6.58. The average molecular weight is 339 g/mol. The molecular weight excluding hydrogens is 317 g/mol. The highest BCUT2D eigenvalue weighted by Crippen LogP contribution is 2.24. The Morgan fingerprint density at radius 2 is 2.00 bits per heavy atom. The van der Waals surface area contributed by atoms with Gasteiger partial charge in [-0.05, 0) is 62.5 Å². The zero-order valence-corrected chi connectivity index (χ0v) is 14.7. The molecule has 0 radical (unpaired) electrons. The minimum Gasteiger partial charge on any atom is -0.358 e. The molecule has 2 aromatic carbocycles. The van der Waals surface area contributed by atoms with Crippen LogP contribution in [0.15, 0.2) is 42.5 Å². The number of aromatic amines is 1. The number of rotatable bonds is 5. The van der Waals surface area contributed by atoms with E-state index in [1.54, 1.807) is 6.07 Å². The normalized spacial score (nSPS) is 11.2. The molecule has 25 heavy (non-hydrogen) atoms. The number of carbonyl (C=O) groups is 1. The molecule has 0 fully saturated rings. The second-order valence-corrected chi connectivity index (χ2v) is 6.58. The van der Waals surface area contributed by atoms with Crippen LogP contribution in [0.1, 0.15) is 16.8 Å². The molecular formula is C20H22FN3O. The minimum absolute atomic E-state index is 0.115. The third kappa shape index (κ3) is 4.06. The molecule has 0 saturated heterocycles. The van der Waals surface area contributed by atoms with Crippen molar-refractivity contribution in [2.24, 2.45) is 0 Å². The summed E-state index contributed by atoms with van der Waals surface area (Å²) in [5.74, 6) is -0.417. The van der Waals surface area contributed by atoms with Gasteiger partial charge in [-0.1, -0.05) is 12.1 Å². The molecule has 3 aromatic rings. The summed E-state index contributed by atoms with van der Waals surface area (Å²) >= 11 is 0. The molecule has 0 saturated carbocycles. The van der Waals surface area contributed by atoms with E-state index in [1.807, 2.05) is 45.3 Å². The summed E-state index contributed by atoms with van der Waals surface area (Å²) < 4.78 is 13.5. The fraction of sp³-hybridized carbons (Fsp3) is 0.250. The molecule has 5 heteroatoms. The number of H-pyrrole nitrogens is 1. The van der Waals surface area contributed by atoms with Gasteiger partial charge in [-0.15, -0.1) is 0 Å². The monoisotopic (exact) mass is 339 g/mol. The quantitative estimate of drug-likeness (QED) is 0.741. The molecule has 0 atom stereocenters. The van der Waals surface area contributed by atoms with E-state index in [0.29, 0.717) is 0 Å². The molecule has 0 unspecified atom stereocenters. The van der Waals surface area contributed by atoms with Gasteiger partial charge in [-0.3, -0.25) is 4.79 Å². The van der Waals surface area contributed by atoms with Crippen LogP contribution in [0.25, 0.3) is 10.9 Å².